The van der Waals surface area contributed by atoms with Crippen LogP contribution in [-0.2, 0) is 0 Å². The highest BCUT2D eigenvalue weighted by molar-refractivity contribution is 5.96. The predicted molar refractivity (Wildman–Crippen MR) is 117 cm³/mol. The molecule has 32 heavy (non-hydrogen) atoms. The quantitative estimate of drug-likeness (QED) is 0.546. The number of nitrogens with one attached hydrogen (secondary N) is 1. The van der Waals surface area contributed by atoms with Crippen LogP contribution >= 0.6 is 0 Å². The minimum Gasteiger partial charge on any atom is -0.484 e. The third-order valence-corrected chi connectivity index (χ3v) is 5.16. The molecule has 1 amide bonds. The molecule has 4 heterocycles. The van der Waals surface area contributed by atoms with Gasteiger partial charge in [0.05, 0.1) is 12.8 Å². The Balaban J connectivity index is 1.43. The van der Waals surface area contributed by atoms with E-state index in [-0.39, 0.29) is 17.4 Å². The number of aromatic nitrogens is 4. The molecule has 0 saturated carbocycles. The largest absolute Gasteiger partial charge is 0.484 e. The van der Waals surface area contributed by atoms with Crippen LogP contribution < -0.4 is 25.3 Å². The Morgan fingerprint density at radius 3 is 2.88 bits per heavy atom. The molecule has 3 aromatic heterocycles. The van der Waals surface area contributed by atoms with Crippen LogP contribution in [0.15, 0.2) is 36.9 Å². The van der Waals surface area contributed by atoms with Gasteiger partial charge < -0.3 is 25.3 Å². The van der Waals surface area contributed by atoms with E-state index in [4.69, 9.17) is 19.9 Å². The molecule has 0 saturated heterocycles. The predicted octanol–water partition coefficient (Wildman–Crippen LogP) is 2.42. The third-order valence-electron chi connectivity index (χ3n) is 5.16. The van der Waals surface area contributed by atoms with Gasteiger partial charge in [-0.15, -0.1) is 0 Å². The molecular formula is C22H24N6O4. The lowest BCUT2D eigenvalue weighted by molar-refractivity contribution is 0.0996. The van der Waals surface area contributed by atoms with Gasteiger partial charge in [0, 0.05) is 36.1 Å². The van der Waals surface area contributed by atoms with E-state index in [9.17, 15) is 4.79 Å². The first kappa shape index (κ1) is 21.3. The van der Waals surface area contributed by atoms with Crippen LogP contribution in [0.1, 0.15) is 35.2 Å². The molecule has 0 spiro atoms. The normalized spacial score (nSPS) is 13.3. The zero-order valence-corrected chi connectivity index (χ0v) is 17.9. The van der Waals surface area contributed by atoms with Crippen molar-refractivity contribution in [2.75, 3.05) is 32.2 Å². The van der Waals surface area contributed by atoms with Gasteiger partial charge in [-0.05, 0) is 24.5 Å². The Bertz CT molecular complexity index is 1120. The van der Waals surface area contributed by atoms with Crippen molar-refractivity contribution >= 4 is 11.7 Å². The summed E-state index contributed by atoms with van der Waals surface area (Å²) in [5.41, 5.74) is 7.94. The molecule has 3 aromatic rings. The number of primary amides is 1. The zero-order chi connectivity index (χ0) is 22.5. The Kier molecular flexibility index (Phi) is 6.29. The summed E-state index contributed by atoms with van der Waals surface area (Å²) in [6.07, 6.45) is 5.62. The van der Waals surface area contributed by atoms with Crippen LogP contribution in [-0.4, -0.2) is 52.7 Å². The second-order valence-electron chi connectivity index (χ2n) is 7.28. The summed E-state index contributed by atoms with van der Waals surface area (Å²) in [7, 11) is 1.43. The lowest BCUT2D eigenvalue weighted by Crippen LogP contribution is -2.18. The lowest BCUT2D eigenvalue weighted by atomic mass is 9.97. The van der Waals surface area contributed by atoms with Crippen molar-refractivity contribution in [2.24, 2.45) is 5.73 Å². The van der Waals surface area contributed by atoms with E-state index < -0.39 is 5.91 Å². The number of anilines is 1. The minimum atomic E-state index is -0.620. The summed E-state index contributed by atoms with van der Waals surface area (Å²) in [6, 6.07) is 5.37. The first-order chi connectivity index (χ1) is 15.6. The minimum absolute atomic E-state index is 0.176. The fraction of sp³-hybridized carbons (Fsp3) is 0.318. The van der Waals surface area contributed by atoms with E-state index in [2.05, 4.69) is 32.2 Å². The van der Waals surface area contributed by atoms with Gasteiger partial charge in [0.2, 0.25) is 5.88 Å². The molecular weight excluding hydrogens is 412 g/mol. The van der Waals surface area contributed by atoms with Crippen LogP contribution in [0.3, 0.4) is 0 Å². The second-order valence-corrected chi connectivity index (χ2v) is 7.28. The summed E-state index contributed by atoms with van der Waals surface area (Å²) in [5.74, 6) is 1.73. The van der Waals surface area contributed by atoms with E-state index in [0.717, 1.165) is 17.7 Å². The zero-order valence-electron chi connectivity index (χ0n) is 17.9. The number of hydrogen-bond donors (Lipinski definition) is 2. The van der Waals surface area contributed by atoms with E-state index in [1.54, 1.807) is 24.5 Å². The Morgan fingerprint density at radius 1 is 1.22 bits per heavy atom. The van der Waals surface area contributed by atoms with E-state index in [1.807, 2.05) is 6.07 Å². The van der Waals surface area contributed by atoms with Gasteiger partial charge in [0.1, 0.15) is 30.9 Å². The first-order valence-corrected chi connectivity index (χ1v) is 10.2. The highest BCUT2D eigenvalue weighted by Crippen LogP contribution is 2.36. The van der Waals surface area contributed by atoms with Gasteiger partial charge in [-0.2, -0.15) is 0 Å². The van der Waals surface area contributed by atoms with Crippen molar-refractivity contribution in [1.29, 1.82) is 0 Å². The number of pyridine rings is 2. The van der Waals surface area contributed by atoms with Gasteiger partial charge in [0.25, 0.3) is 11.8 Å². The maximum Gasteiger partial charge on any atom is 0.257 e. The van der Waals surface area contributed by atoms with Gasteiger partial charge in [-0.25, -0.2) is 19.9 Å². The number of amides is 1. The van der Waals surface area contributed by atoms with Crippen LogP contribution in [0.5, 0.6) is 17.5 Å². The van der Waals surface area contributed by atoms with Crippen molar-refractivity contribution in [1.82, 2.24) is 19.9 Å². The van der Waals surface area contributed by atoms with Gasteiger partial charge in [-0.3, -0.25) is 4.79 Å². The molecule has 1 atom stereocenters. The van der Waals surface area contributed by atoms with E-state index >= 15 is 0 Å². The Labute approximate surface area is 185 Å². The van der Waals surface area contributed by atoms with Crippen molar-refractivity contribution in [2.45, 2.75) is 19.3 Å². The second kappa shape index (κ2) is 9.46. The Morgan fingerprint density at radius 2 is 2.06 bits per heavy atom. The molecule has 0 fully saturated rings. The molecule has 1 aliphatic heterocycles. The number of methoxy groups -OCH3 is 1. The summed E-state index contributed by atoms with van der Waals surface area (Å²) >= 11 is 0. The van der Waals surface area contributed by atoms with Crippen molar-refractivity contribution in [3.63, 3.8) is 0 Å². The summed E-state index contributed by atoms with van der Waals surface area (Å²) in [4.78, 5) is 28.6. The fourth-order valence-electron chi connectivity index (χ4n) is 3.48. The molecule has 1 unspecified atom stereocenters. The first-order valence-electron chi connectivity index (χ1n) is 10.2. The average Bonchev–Trinajstić information content (AvgIpc) is 2.83. The van der Waals surface area contributed by atoms with E-state index in [0.29, 0.717) is 42.7 Å². The van der Waals surface area contributed by atoms with Crippen molar-refractivity contribution in [3.8, 4) is 28.8 Å². The number of carbonyl (C=O) groups excluding carboxylic acids is 1. The summed E-state index contributed by atoms with van der Waals surface area (Å²) in [5, 5.41) is 3.32. The van der Waals surface area contributed by atoms with Crippen LogP contribution in [0.4, 0.5) is 5.82 Å². The van der Waals surface area contributed by atoms with Gasteiger partial charge in [-0.1, -0.05) is 6.92 Å². The highest BCUT2D eigenvalue weighted by Gasteiger charge is 2.20. The molecule has 166 valence electrons. The molecule has 3 N–H and O–H groups in total. The molecule has 0 bridgehead atoms. The number of nitrogens with two attached hydrogens (primary N) is 1. The number of ether oxygens (including phenoxy) is 3. The van der Waals surface area contributed by atoms with Crippen LogP contribution in [0.25, 0.3) is 11.3 Å². The summed E-state index contributed by atoms with van der Waals surface area (Å²) < 4.78 is 16.4. The van der Waals surface area contributed by atoms with Crippen molar-refractivity contribution in [3.05, 3.63) is 48.0 Å². The number of nitrogens with zero attached hydrogens (tertiary/aromatic N) is 4. The number of hydrogen-bond acceptors (Lipinski definition) is 9. The lowest BCUT2D eigenvalue weighted by Gasteiger charge is -2.22. The maximum atomic E-state index is 11.7. The van der Waals surface area contributed by atoms with Crippen LogP contribution in [0.2, 0.25) is 0 Å². The molecule has 10 nitrogen and oxygen atoms in total. The van der Waals surface area contributed by atoms with E-state index in [1.165, 1.54) is 13.4 Å². The molecule has 4 rings (SSSR count). The molecule has 0 aromatic carbocycles. The molecule has 10 heteroatoms. The molecule has 0 radical (unpaired) electrons. The third kappa shape index (κ3) is 4.53. The number of carbonyl (C=O) groups is 1. The molecule has 1 aliphatic rings. The number of fused-ring (bicyclic) bond motifs is 1. The fourth-order valence-corrected chi connectivity index (χ4v) is 3.48. The molecule has 0 aliphatic carbocycles. The highest BCUT2D eigenvalue weighted by atomic mass is 16.6. The maximum absolute atomic E-state index is 11.7. The van der Waals surface area contributed by atoms with Gasteiger partial charge in [0.15, 0.2) is 5.75 Å². The summed E-state index contributed by atoms with van der Waals surface area (Å²) in [6.45, 7) is 3.86. The topological polar surface area (TPSA) is 134 Å². The van der Waals surface area contributed by atoms with Crippen LogP contribution in [0, 0.1) is 0 Å². The standard InChI is InChI=1S/C22H24N6O4/c1-13(15-4-6-25-22-19(15)31-7-8-32-22)3-5-24-18-10-17(27-12-28-18)14-9-16(20(23)29)21(30-2)26-11-14/h4,6,9-13H,3,5,7-8H2,1-2H3,(H2,23,29)(H,24,27,28). The Hall–Kier alpha value is -3.95. The van der Waals surface area contributed by atoms with Gasteiger partial charge >= 0.3 is 0 Å². The smallest absolute Gasteiger partial charge is 0.257 e. The number of rotatable bonds is 8. The average molecular weight is 436 g/mol. The van der Waals surface area contributed by atoms with Crippen molar-refractivity contribution < 1.29 is 19.0 Å². The monoisotopic (exact) mass is 436 g/mol. The SMILES string of the molecule is COc1ncc(-c2cc(NCCC(C)c3ccnc4c3OCCO4)ncn2)cc1C(N)=O.